The van der Waals surface area contributed by atoms with Gasteiger partial charge in [0.2, 0.25) is 10.0 Å². The maximum atomic E-state index is 13.4. The highest BCUT2D eigenvalue weighted by Gasteiger charge is 2.47. The summed E-state index contributed by atoms with van der Waals surface area (Å²) in [5.74, 6) is 1.43. The van der Waals surface area contributed by atoms with Gasteiger partial charge < -0.3 is 9.47 Å². The van der Waals surface area contributed by atoms with Crippen molar-refractivity contribution in [3.05, 3.63) is 54.6 Å². The lowest BCUT2D eigenvalue weighted by molar-refractivity contribution is -0.146. The molecule has 1 saturated heterocycles. The first kappa shape index (κ1) is 21.7. The van der Waals surface area contributed by atoms with Gasteiger partial charge in [0.05, 0.1) is 12.0 Å². The Kier molecular flexibility index (Phi) is 6.55. The van der Waals surface area contributed by atoms with Gasteiger partial charge in [-0.25, -0.2) is 8.42 Å². The highest BCUT2D eigenvalue weighted by atomic mass is 32.2. The van der Waals surface area contributed by atoms with Crippen LogP contribution in [0, 0.1) is 0 Å². The topological polar surface area (TPSA) is 72.9 Å². The van der Waals surface area contributed by atoms with Crippen LogP contribution in [0.4, 0.5) is 0 Å². The van der Waals surface area contributed by atoms with E-state index in [1.54, 1.807) is 23.9 Å². The summed E-state index contributed by atoms with van der Waals surface area (Å²) < 4.78 is 38.2. The number of nitrogens with zero attached hydrogens (tertiary/aromatic N) is 1. The molecule has 1 aliphatic heterocycles. The lowest BCUT2D eigenvalue weighted by Gasteiger charge is -2.36. The van der Waals surface area contributed by atoms with Crippen LogP contribution < -0.4 is 4.74 Å². The van der Waals surface area contributed by atoms with Gasteiger partial charge in [0.25, 0.3) is 0 Å². The van der Waals surface area contributed by atoms with Crippen molar-refractivity contribution in [2.75, 3.05) is 19.4 Å². The number of thioether (sulfide) groups is 1. The number of methoxy groups -OCH3 is 1. The first-order valence-electron chi connectivity index (χ1n) is 9.32. The van der Waals surface area contributed by atoms with Gasteiger partial charge in [-0.05, 0) is 62.4 Å². The van der Waals surface area contributed by atoms with Gasteiger partial charge in [-0.15, -0.1) is 0 Å². The van der Waals surface area contributed by atoms with Crippen LogP contribution in [-0.2, 0) is 19.6 Å². The van der Waals surface area contributed by atoms with Gasteiger partial charge in [0.15, 0.2) is 0 Å². The monoisotopic (exact) mass is 435 g/mol. The molecule has 3 rings (SSSR count). The number of para-hydroxylation sites is 1. The molecule has 2 aromatic rings. The van der Waals surface area contributed by atoms with E-state index in [0.29, 0.717) is 17.9 Å². The van der Waals surface area contributed by atoms with E-state index in [-0.39, 0.29) is 11.4 Å². The molecule has 0 saturated carbocycles. The van der Waals surface area contributed by atoms with Crippen LogP contribution in [0.3, 0.4) is 0 Å². The molecule has 0 unspecified atom stereocenters. The summed E-state index contributed by atoms with van der Waals surface area (Å²) in [6.07, 6.45) is 0.663. The second-order valence-electron chi connectivity index (χ2n) is 7.23. The fourth-order valence-corrected chi connectivity index (χ4v) is 6.32. The number of esters is 1. The van der Waals surface area contributed by atoms with Crippen molar-refractivity contribution in [2.45, 2.75) is 36.0 Å². The number of rotatable bonds is 5. The van der Waals surface area contributed by atoms with Gasteiger partial charge in [-0.2, -0.15) is 16.1 Å². The SMILES string of the molecule is COC(=O)[C@@H]1N(S(=O)(=O)c2ccc(Oc3ccccc3)cc2)CCCSC1(C)C. The minimum absolute atomic E-state index is 0.120. The molecule has 1 heterocycles. The molecule has 29 heavy (non-hydrogen) atoms. The van der Waals surface area contributed by atoms with E-state index in [0.717, 1.165) is 5.75 Å². The predicted molar refractivity (Wildman–Crippen MR) is 114 cm³/mol. The zero-order valence-corrected chi connectivity index (χ0v) is 18.3. The average molecular weight is 436 g/mol. The molecular weight excluding hydrogens is 410 g/mol. The van der Waals surface area contributed by atoms with Crippen LogP contribution in [-0.4, -0.2) is 48.9 Å². The summed E-state index contributed by atoms with van der Waals surface area (Å²) in [5.41, 5.74) is 0. The molecule has 1 aliphatic rings. The molecule has 156 valence electrons. The minimum Gasteiger partial charge on any atom is -0.468 e. The molecule has 0 radical (unpaired) electrons. The third-order valence-electron chi connectivity index (χ3n) is 4.78. The van der Waals surface area contributed by atoms with Gasteiger partial charge in [0.1, 0.15) is 17.5 Å². The fourth-order valence-electron chi connectivity index (χ4n) is 3.32. The molecule has 2 aromatic carbocycles. The summed E-state index contributed by atoms with van der Waals surface area (Å²) in [4.78, 5) is 12.6. The third kappa shape index (κ3) is 4.76. The minimum atomic E-state index is -3.89. The number of carbonyl (C=O) groups excluding carboxylic acids is 1. The van der Waals surface area contributed by atoms with Crippen molar-refractivity contribution < 1.29 is 22.7 Å². The molecule has 0 spiro atoms. The molecule has 0 bridgehead atoms. The Morgan fingerprint density at radius 3 is 2.31 bits per heavy atom. The summed E-state index contributed by atoms with van der Waals surface area (Å²) in [6, 6.07) is 14.6. The molecule has 0 aliphatic carbocycles. The van der Waals surface area contributed by atoms with Crippen LogP contribution >= 0.6 is 11.8 Å². The van der Waals surface area contributed by atoms with E-state index >= 15 is 0 Å². The third-order valence-corrected chi connectivity index (χ3v) is 8.12. The Morgan fingerprint density at radius 2 is 1.69 bits per heavy atom. The maximum Gasteiger partial charge on any atom is 0.325 e. The highest BCUT2D eigenvalue weighted by molar-refractivity contribution is 8.00. The van der Waals surface area contributed by atoms with E-state index in [1.807, 2.05) is 44.2 Å². The first-order chi connectivity index (χ1) is 13.8. The van der Waals surface area contributed by atoms with E-state index in [1.165, 1.54) is 23.5 Å². The van der Waals surface area contributed by atoms with Crippen molar-refractivity contribution in [3.8, 4) is 11.5 Å². The number of sulfonamides is 1. The molecule has 6 nitrogen and oxygen atoms in total. The van der Waals surface area contributed by atoms with E-state index in [9.17, 15) is 13.2 Å². The first-order valence-corrected chi connectivity index (χ1v) is 11.7. The molecule has 0 N–H and O–H groups in total. The highest BCUT2D eigenvalue weighted by Crippen LogP contribution is 2.38. The van der Waals surface area contributed by atoms with E-state index in [4.69, 9.17) is 9.47 Å². The van der Waals surface area contributed by atoms with Crippen molar-refractivity contribution >= 4 is 27.8 Å². The number of hydrogen-bond donors (Lipinski definition) is 0. The van der Waals surface area contributed by atoms with E-state index < -0.39 is 26.8 Å². The smallest absolute Gasteiger partial charge is 0.325 e. The fraction of sp³-hybridized carbons (Fsp3) is 0.381. The molecule has 1 fully saturated rings. The normalized spacial score (nSPS) is 19.9. The largest absolute Gasteiger partial charge is 0.468 e. The predicted octanol–water partition coefficient (Wildman–Crippen LogP) is 3.93. The summed E-state index contributed by atoms with van der Waals surface area (Å²) in [6.45, 7) is 4.02. The number of benzene rings is 2. The Hall–Kier alpha value is -2.03. The summed E-state index contributed by atoms with van der Waals surface area (Å²) >= 11 is 1.58. The quantitative estimate of drug-likeness (QED) is 0.663. The zero-order chi connectivity index (χ0) is 21.1. The van der Waals surface area contributed by atoms with Gasteiger partial charge in [-0.3, -0.25) is 4.79 Å². The van der Waals surface area contributed by atoms with Crippen LogP contribution in [0.5, 0.6) is 11.5 Å². The molecule has 1 atom stereocenters. The average Bonchev–Trinajstić information content (AvgIpc) is 2.87. The number of hydrogen-bond acceptors (Lipinski definition) is 6. The second-order valence-corrected chi connectivity index (χ2v) is 10.9. The Labute approximate surface area is 176 Å². The molecule has 8 heteroatoms. The Bertz CT molecular complexity index is 943. The van der Waals surface area contributed by atoms with Crippen LogP contribution in [0.25, 0.3) is 0 Å². The van der Waals surface area contributed by atoms with Crippen molar-refractivity contribution in [2.24, 2.45) is 0 Å². The lowest BCUT2D eigenvalue weighted by atomic mass is 10.0. The van der Waals surface area contributed by atoms with Gasteiger partial charge in [-0.1, -0.05) is 18.2 Å². The second kappa shape index (κ2) is 8.77. The summed E-state index contributed by atoms with van der Waals surface area (Å²) in [7, 11) is -2.60. The van der Waals surface area contributed by atoms with Crippen LogP contribution in [0.1, 0.15) is 20.3 Å². The van der Waals surface area contributed by atoms with Gasteiger partial charge >= 0.3 is 5.97 Å². The van der Waals surface area contributed by atoms with E-state index in [2.05, 4.69) is 0 Å². The summed E-state index contributed by atoms with van der Waals surface area (Å²) in [5, 5.41) is 0. The van der Waals surface area contributed by atoms with Gasteiger partial charge in [0, 0.05) is 11.3 Å². The number of carbonyl (C=O) groups is 1. The van der Waals surface area contributed by atoms with Crippen molar-refractivity contribution in [3.63, 3.8) is 0 Å². The van der Waals surface area contributed by atoms with Crippen LogP contribution in [0.15, 0.2) is 59.5 Å². The number of ether oxygens (including phenoxy) is 2. The molecule has 0 aromatic heterocycles. The van der Waals surface area contributed by atoms with Crippen molar-refractivity contribution in [1.82, 2.24) is 4.31 Å². The van der Waals surface area contributed by atoms with Crippen molar-refractivity contribution in [1.29, 1.82) is 0 Å². The Balaban J connectivity index is 1.90. The molecule has 0 amide bonds. The lowest BCUT2D eigenvalue weighted by Crippen LogP contribution is -2.54. The zero-order valence-electron chi connectivity index (χ0n) is 16.7. The maximum absolute atomic E-state index is 13.4. The standard InChI is InChI=1S/C21H25NO5S2/c1-21(2)19(20(23)26-3)22(14-7-15-28-21)29(24,25)18-12-10-17(11-13-18)27-16-8-5-4-6-9-16/h4-6,8-13,19H,7,14-15H2,1-3H3/t19-/m0/s1. The Morgan fingerprint density at radius 1 is 1.07 bits per heavy atom. The molecular formula is C21H25NO5S2. The van der Waals surface area contributed by atoms with Crippen LogP contribution in [0.2, 0.25) is 0 Å².